The highest BCUT2D eigenvalue weighted by Gasteiger charge is 2.47. The molecule has 4 aromatic carbocycles. The van der Waals surface area contributed by atoms with E-state index in [9.17, 15) is 14.9 Å². The fraction of sp³-hybridized carbons (Fsp3) is 0.156. The summed E-state index contributed by atoms with van der Waals surface area (Å²) in [6.45, 7) is 0. The molecule has 0 N–H and O–H groups in total. The van der Waals surface area contributed by atoms with E-state index in [1.807, 2.05) is 72.8 Å². The lowest BCUT2D eigenvalue weighted by molar-refractivity contribution is -0.384. The molecule has 8 nitrogen and oxygen atoms in total. The van der Waals surface area contributed by atoms with Crippen molar-refractivity contribution in [2.75, 3.05) is 34.6 Å². The number of non-ortho nitro benzene ring substituents is 1. The van der Waals surface area contributed by atoms with Crippen LogP contribution < -0.4 is 47.1 Å². The highest BCUT2D eigenvalue weighted by molar-refractivity contribution is 7.95. The first-order valence-corrected chi connectivity index (χ1v) is 14.7. The Labute approximate surface area is 256 Å². The van der Waals surface area contributed by atoms with Crippen LogP contribution in [0.5, 0.6) is 17.2 Å². The van der Waals surface area contributed by atoms with Gasteiger partial charge in [0.05, 0.1) is 38.9 Å². The molecule has 0 aliphatic heterocycles. The van der Waals surface area contributed by atoms with Crippen LogP contribution in [0.25, 0.3) is 6.08 Å². The molecule has 0 fully saturated rings. The number of hydrogen-bond donors (Lipinski definition) is 0. The Balaban J connectivity index is 0.00000484. The number of carbonyl (C=O) groups excluding carboxylic acids is 1. The Morgan fingerprint density at radius 2 is 1.07 bits per heavy atom. The third-order valence-corrected chi connectivity index (χ3v) is 11.2. The number of esters is 1. The fourth-order valence-electron chi connectivity index (χ4n) is 4.68. The molecule has 0 radical (unpaired) electrons. The van der Waals surface area contributed by atoms with Crippen LogP contribution in [0.15, 0.2) is 103 Å². The molecule has 0 saturated carbocycles. The van der Waals surface area contributed by atoms with Crippen LogP contribution in [0, 0.1) is 10.1 Å². The van der Waals surface area contributed by atoms with E-state index in [2.05, 4.69) is 0 Å². The summed E-state index contributed by atoms with van der Waals surface area (Å²) in [5, 5.41) is 14.2. The molecular weight excluding hydrogens is 621 g/mol. The molecule has 218 valence electrons. The number of rotatable bonds is 11. The summed E-state index contributed by atoms with van der Waals surface area (Å²) in [6.07, 6.45) is 2.06. The second kappa shape index (κ2) is 14.6. The first-order chi connectivity index (χ1) is 19.8. The van der Waals surface area contributed by atoms with Gasteiger partial charge in [-0.2, -0.15) is 0 Å². The summed E-state index contributed by atoms with van der Waals surface area (Å²) in [7, 11) is 3.63. The molecule has 0 saturated heterocycles. The van der Waals surface area contributed by atoms with Gasteiger partial charge in [0.25, 0.3) is 5.69 Å². The Hall–Kier alpha value is -4.20. The van der Waals surface area contributed by atoms with Crippen molar-refractivity contribution in [1.82, 2.24) is 0 Å². The van der Waals surface area contributed by atoms with Gasteiger partial charge in [-0.15, -0.1) is 0 Å². The van der Waals surface area contributed by atoms with Gasteiger partial charge in [0, 0.05) is 12.1 Å². The van der Waals surface area contributed by atoms with Gasteiger partial charge in [-0.25, -0.2) is 4.79 Å². The maximum Gasteiger partial charge on any atom is 0.337 e. The summed E-state index contributed by atoms with van der Waals surface area (Å²) in [4.78, 5) is 24.0. The van der Waals surface area contributed by atoms with E-state index in [1.165, 1.54) is 19.2 Å². The standard InChI is InChI=1S/C32H31NO7P.BrH/c1-37-26-9-15-29(16-10-26)41(30-17-11-27(38-2)12-18-30,31-19-13-28(39-3)14-20-31)22-24(32(34)40-4)21-23-5-7-25(8-6-23)33(35)36;/h5-21H,22H2,1-4H3;1H/q+1;/p-1/b24-21+;. The van der Waals surface area contributed by atoms with Gasteiger partial charge >= 0.3 is 5.97 Å². The summed E-state index contributed by atoms with van der Waals surface area (Å²) in [5.74, 6) is 1.66. The molecule has 10 heteroatoms. The minimum atomic E-state index is -2.57. The topological polar surface area (TPSA) is 97.1 Å². The molecule has 4 aromatic rings. The van der Waals surface area contributed by atoms with Crippen molar-refractivity contribution < 1.29 is 45.6 Å². The second-order valence-electron chi connectivity index (χ2n) is 9.07. The second-order valence-corrected chi connectivity index (χ2v) is 12.6. The van der Waals surface area contributed by atoms with Gasteiger partial charge in [-0.05, 0) is 96.6 Å². The first-order valence-electron chi connectivity index (χ1n) is 12.7. The van der Waals surface area contributed by atoms with Crippen LogP contribution in [0.2, 0.25) is 0 Å². The summed E-state index contributed by atoms with van der Waals surface area (Å²) in [6, 6.07) is 29.7. The highest BCUT2D eigenvalue weighted by Crippen LogP contribution is 2.57. The molecule has 0 spiro atoms. The van der Waals surface area contributed by atoms with Gasteiger partial charge in [-0.3, -0.25) is 10.1 Å². The van der Waals surface area contributed by atoms with Crippen molar-refractivity contribution in [1.29, 1.82) is 0 Å². The lowest BCUT2D eigenvalue weighted by Crippen LogP contribution is -3.00. The average molecular weight is 652 g/mol. The number of carbonyl (C=O) groups is 1. The molecular formula is C32H31BrNO7P. The van der Waals surface area contributed by atoms with Crippen molar-refractivity contribution in [2.24, 2.45) is 0 Å². The van der Waals surface area contributed by atoms with E-state index in [1.54, 1.807) is 39.5 Å². The zero-order chi connectivity index (χ0) is 29.4. The Morgan fingerprint density at radius 3 is 1.38 bits per heavy atom. The van der Waals surface area contributed by atoms with Crippen LogP contribution in [0.1, 0.15) is 5.56 Å². The number of benzene rings is 4. The first kappa shape index (κ1) is 32.3. The molecule has 42 heavy (non-hydrogen) atoms. The van der Waals surface area contributed by atoms with Crippen LogP contribution in [0.3, 0.4) is 0 Å². The van der Waals surface area contributed by atoms with Crippen molar-refractivity contribution in [3.05, 3.63) is 118 Å². The minimum Gasteiger partial charge on any atom is -1.00 e. The van der Waals surface area contributed by atoms with E-state index < -0.39 is 18.2 Å². The Morgan fingerprint density at radius 1 is 0.690 bits per heavy atom. The number of hydrogen-bond acceptors (Lipinski definition) is 7. The maximum atomic E-state index is 13.3. The lowest BCUT2D eigenvalue weighted by atomic mass is 10.1. The van der Waals surface area contributed by atoms with E-state index in [-0.39, 0.29) is 22.7 Å². The minimum absolute atomic E-state index is 0. The third kappa shape index (κ3) is 6.98. The van der Waals surface area contributed by atoms with Gasteiger partial charge in [-0.1, -0.05) is 0 Å². The van der Waals surface area contributed by atoms with Crippen LogP contribution >= 0.6 is 7.26 Å². The Kier molecular flexibility index (Phi) is 11.2. The van der Waals surface area contributed by atoms with E-state index in [0.29, 0.717) is 34.5 Å². The highest BCUT2D eigenvalue weighted by atomic mass is 79.9. The molecule has 0 unspecified atom stereocenters. The van der Waals surface area contributed by atoms with Gasteiger partial charge in [0.2, 0.25) is 0 Å². The predicted octanol–water partition coefficient (Wildman–Crippen LogP) is 2.18. The molecule has 0 atom stereocenters. The van der Waals surface area contributed by atoms with Gasteiger partial charge in [0.15, 0.2) is 0 Å². The number of nitro groups is 1. The largest absolute Gasteiger partial charge is 1.00 e. The monoisotopic (exact) mass is 651 g/mol. The summed E-state index contributed by atoms with van der Waals surface area (Å²) < 4.78 is 21.6. The van der Waals surface area contributed by atoms with Crippen LogP contribution in [-0.2, 0) is 9.53 Å². The zero-order valence-corrected chi connectivity index (χ0v) is 26.1. The summed E-state index contributed by atoms with van der Waals surface area (Å²) >= 11 is 0. The predicted molar refractivity (Wildman–Crippen MR) is 163 cm³/mol. The molecule has 0 aromatic heterocycles. The molecule has 0 aliphatic carbocycles. The number of methoxy groups -OCH3 is 4. The van der Waals surface area contributed by atoms with Crippen LogP contribution in [0.4, 0.5) is 5.69 Å². The lowest BCUT2D eigenvalue weighted by Gasteiger charge is -2.28. The normalized spacial score (nSPS) is 11.2. The third-order valence-electron chi connectivity index (χ3n) is 6.84. The number of halogens is 1. The van der Waals surface area contributed by atoms with Gasteiger partial charge < -0.3 is 35.9 Å². The molecule has 4 rings (SSSR count). The molecule has 0 heterocycles. The smallest absolute Gasteiger partial charge is 0.337 e. The van der Waals surface area contributed by atoms with E-state index >= 15 is 0 Å². The fourth-order valence-corrected chi connectivity index (χ4v) is 8.83. The Bertz CT molecular complexity index is 1410. The SMILES string of the molecule is COC(=O)/C(=C/c1ccc([N+](=O)[O-])cc1)C[P+](c1ccc(OC)cc1)(c1ccc(OC)cc1)c1ccc(OC)cc1.[Br-]. The quantitative estimate of drug-likeness (QED) is 0.0806. The van der Waals surface area contributed by atoms with Crippen LogP contribution in [-0.4, -0.2) is 45.5 Å². The summed E-state index contributed by atoms with van der Waals surface area (Å²) in [5.41, 5.74) is 1.05. The van der Waals surface area contributed by atoms with Crippen molar-refractivity contribution in [3.63, 3.8) is 0 Å². The number of ether oxygens (including phenoxy) is 4. The zero-order valence-electron chi connectivity index (χ0n) is 23.7. The molecule has 0 bridgehead atoms. The number of nitro benzene ring substituents is 1. The van der Waals surface area contributed by atoms with Crippen molar-refractivity contribution in [3.8, 4) is 17.2 Å². The number of nitrogens with zero attached hydrogens (tertiary/aromatic N) is 1. The van der Waals surface area contributed by atoms with Crippen molar-refractivity contribution in [2.45, 2.75) is 0 Å². The van der Waals surface area contributed by atoms with E-state index in [0.717, 1.165) is 15.9 Å². The van der Waals surface area contributed by atoms with Crippen molar-refractivity contribution >= 4 is 40.9 Å². The molecule has 0 aliphatic rings. The maximum absolute atomic E-state index is 13.3. The van der Waals surface area contributed by atoms with E-state index in [4.69, 9.17) is 18.9 Å². The average Bonchev–Trinajstić information content (AvgIpc) is 3.03. The molecule has 0 amide bonds. The van der Waals surface area contributed by atoms with Gasteiger partial charge in [0.1, 0.15) is 46.6 Å².